The van der Waals surface area contributed by atoms with Gasteiger partial charge in [0, 0.05) is 37.8 Å². The fraction of sp³-hybridized carbons (Fsp3) is 0.0769. The van der Waals surface area contributed by atoms with Gasteiger partial charge in [0.1, 0.15) is 0 Å². The molecule has 2 aliphatic rings. The molecule has 0 radical (unpaired) electrons. The predicted octanol–water partition coefficient (Wildman–Crippen LogP) is 14.2. The first-order valence-electron chi connectivity index (χ1n) is 18.9. The average Bonchev–Trinajstić information content (AvgIpc) is 3.84. The van der Waals surface area contributed by atoms with Gasteiger partial charge in [-0.15, -0.1) is 11.3 Å². The number of rotatable bonds is 5. The van der Waals surface area contributed by atoms with Crippen LogP contribution in [-0.2, 0) is 10.8 Å². The second kappa shape index (κ2) is 11.6. The van der Waals surface area contributed by atoms with Crippen molar-refractivity contribution in [1.82, 2.24) is 0 Å². The van der Waals surface area contributed by atoms with E-state index >= 15 is 0 Å². The number of benzene rings is 8. The molecule has 8 aromatic carbocycles. The highest BCUT2D eigenvalue weighted by Crippen LogP contribution is 2.60. The minimum Gasteiger partial charge on any atom is -0.309 e. The van der Waals surface area contributed by atoms with E-state index in [0.29, 0.717) is 0 Å². The molecule has 256 valence electrons. The number of fused-ring (bicyclic) bond motifs is 10. The van der Waals surface area contributed by atoms with E-state index < -0.39 is 5.41 Å². The van der Waals surface area contributed by atoms with Gasteiger partial charge >= 0.3 is 0 Å². The summed E-state index contributed by atoms with van der Waals surface area (Å²) in [6.45, 7) is 4.73. The van der Waals surface area contributed by atoms with E-state index in [-0.39, 0.29) is 5.41 Å². The maximum absolute atomic E-state index is 2.48. The molecular weight excluding hydrogens is 671 g/mol. The topological polar surface area (TPSA) is 3.24 Å². The van der Waals surface area contributed by atoms with Gasteiger partial charge in [-0.2, -0.15) is 0 Å². The Labute approximate surface area is 320 Å². The third-order valence-electron chi connectivity index (χ3n) is 12.1. The quantitative estimate of drug-likeness (QED) is 0.172. The molecule has 1 aromatic heterocycles. The number of nitrogens with zero attached hydrogens (tertiary/aromatic N) is 1. The average molecular weight is 708 g/mol. The van der Waals surface area contributed by atoms with Crippen LogP contribution in [0.3, 0.4) is 0 Å². The van der Waals surface area contributed by atoms with Crippen molar-refractivity contribution in [3.8, 4) is 22.3 Å². The van der Waals surface area contributed by atoms with Crippen LogP contribution in [0.25, 0.3) is 42.4 Å². The molecule has 0 N–H and O–H groups in total. The van der Waals surface area contributed by atoms with Gasteiger partial charge in [-0.1, -0.05) is 172 Å². The van der Waals surface area contributed by atoms with Crippen LogP contribution >= 0.6 is 11.3 Å². The number of para-hydroxylation sites is 1. The molecule has 1 heterocycles. The molecule has 54 heavy (non-hydrogen) atoms. The molecule has 11 rings (SSSR count). The van der Waals surface area contributed by atoms with Gasteiger partial charge in [0.2, 0.25) is 0 Å². The van der Waals surface area contributed by atoms with E-state index in [1.54, 1.807) is 0 Å². The van der Waals surface area contributed by atoms with Gasteiger partial charge in [0.05, 0.1) is 15.8 Å². The Morgan fingerprint density at radius 1 is 0.407 bits per heavy atom. The molecular formula is C52H37NS. The van der Waals surface area contributed by atoms with E-state index in [1.165, 1.54) is 87.2 Å². The summed E-state index contributed by atoms with van der Waals surface area (Å²) in [7, 11) is 0. The summed E-state index contributed by atoms with van der Waals surface area (Å²) in [5.41, 5.74) is 16.4. The lowest BCUT2D eigenvalue weighted by Crippen LogP contribution is -2.28. The molecule has 2 heteroatoms. The first-order valence-corrected chi connectivity index (χ1v) is 19.7. The van der Waals surface area contributed by atoms with Gasteiger partial charge in [-0.25, -0.2) is 0 Å². The van der Waals surface area contributed by atoms with Crippen molar-refractivity contribution in [3.63, 3.8) is 0 Å². The van der Waals surface area contributed by atoms with E-state index in [4.69, 9.17) is 0 Å². The first kappa shape index (κ1) is 31.3. The lowest BCUT2D eigenvalue weighted by atomic mass is 9.68. The zero-order valence-corrected chi connectivity index (χ0v) is 31.1. The molecule has 0 bridgehead atoms. The monoisotopic (exact) mass is 707 g/mol. The van der Waals surface area contributed by atoms with Crippen molar-refractivity contribution in [2.24, 2.45) is 0 Å². The van der Waals surface area contributed by atoms with Crippen LogP contribution in [-0.4, -0.2) is 0 Å². The van der Waals surface area contributed by atoms with Crippen LogP contribution in [0.4, 0.5) is 17.1 Å². The zero-order valence-electron chi connectivity index (χ0n) is 30.3. The fourth-order valence-corrected chi connectivity index (χ4v) is 11.1. The normalized spacial score (nSPS) is 14.4. The Kier molecular flexibility index (Phi) is 6.75. The maximum atomic E-state index is 2.48. The second-order valence-corrected chi connectivity index (χ2v) is 16.2. The Balaban J connectivity index is 1.18. The Bertz CT molecular complexity index is 2860. The van der Waals surface area contributed by atoms with Crippen molar-refractivity contribution < 1.29 is 0 Å². The van der Waals surface area contributed by atoms with Crippen LogP contribution in [0.15, 0.2) is 188 Å². The highest BCUT2D eigenvalue weighted by atomic mass is 32.1. The number of hydrogen-bond donors (Lipinski definition) is 0. The van der Waals surface area contributed by atoms with Gasteiger partial charge < -0.3 is 4.90 Å². The van der Waals surface area contributed by atoms with E-state index in [0.717, 1.165) is 5.69 Å². The smallest absolute Gasteiger partial charge is 0.0714 e. The standard InChI is InChI=1S/C52H37NS/c1-51(2)43-26-14-12-23-38(43)39-30-29-37(33-46(39)51)53(36-21-10-5-11-22-36)47-28-16-25-40-41-31-32-45-48(50(41)54-49(40)47)42-24-13-15-27-44(42)52(45,34-17-6-3-7-18-34)35-19-8-4-9-20-35/h3-33H,1-2H3. The Morgan fingerprint density at radius 3 is 1.72 bits per heavy atom. The second-order valence-electron chi connectivity index (χ2n) is 15.2. The molecule has 0 fully saturated rings. The SMILES string of the molecule is CC1(C)c2ccccc2-c2ccc(N(c3ccccc3)c3cccc4c3sc3c5c(ccc34)C(c3ccccc3)(c3ccccc3)c3ccccc3-5)cc21. The predicted molar refractivity (Wildman–Crippen MR) is 229 cm³/mol. The largest absolute Gasteiger partial charge is 0.309 e. The minimum absolute atomic E-state index is 0.0914. The van der Waals surface area contributed by atoms with Gasteiger partial charge in [0.15, 0.2) is 0 Å². The molecule has 0 atom stereocenters. The molecule has 9 aromatic rings. The van der Waals surface area contributed by atoms with Crippen LogP contribution in [0.1, 0.15) is 47.2 Å². The lowest BCUT2D eigenvalue weighted by Gasteiger charge is -2.33. The fourth-order valence-electron chi connectivity index (χ4n) is 9.78. The molecule has 0 saturated carbocycles. The van der Waals surface area contributed by atoms with Crippen LogP contribution in [0, 0.1) is 0 Å². The number of thiophene rings is 1. The van der Waals surface area contributed by atoms with Crippen LogP contribution in [0.5, 0.6) is 0 Å². The molecule has 0 unspecified atom stereocenters. The van der Waals surface area contributed by atoms with Crippen molar-refractivity contribution in [2.45, 2.75) is 24.7 Å². The third-order valence-corrected chi connectivity index (χ3v) is 13.4. The number of anilines is 3. The van der Waals surface area contributed by atoms with E-state index in [2.05, 4.69) is 207 Å². The highest BCUT2D eigenvalue weighted by Gasteiger charge is 2.47. The maximum Gasteiger partial charge on any atom is 0.0714 e. The van der Waals surface area contributed by atoms with Crippen LogP contribution < -0.4 is 4.90 Å². The third kappa shape index (κ3) is 4.20. The van der Waals surface area contributed by atoms with Crippen LogP contribution in [0.2, 0.25) is 0 Å². The summed E-state index contributed by atoms with van der Waals surface area (Å²) in [4.78, 5) is 2.48. The Hall–Kier alpha value is -6.22. The minimum atomic E-state index is -0.424. The van der Waals surface area contributed by atoms with Gasteiger partial charge in [0.25, 0.3) is 0 Å². The summed E-state index contributed by atoms with van der Waals surface area (Å²) >= 11 is 1.94. The van der Waals surface area contributed by atoms with E-state index in [9.17, 15) is 0 Å². The molecule has 0 saturated heterocycles. The lowest BCUT2D eigenvalue weighted by molar-refractivity contribution is 0.660. The summed E-state index contributed by atoms with van der Waals surface area (Å²) in [6, 6.07) is 69.9. The van der Waals surface area contributed by atoms with Crippen molar-refractivity contribution in [3.05, 3.63) is 221 Å². The van der Waals surface area contributed by atoms with Crippen molar-refractivity contribution >= 4 is 48.6 Å². The van der Waals surface area contributed by atoms with Crippen molar-refractivity contribution in [1.29, 1.82) is 0 Å². The molecule has 0 amide bonds. The highest BCUT2D eigenvalue weighted by molar-refractivity contribution is 7.27. The summed E-state index contributed by atoms with van der Waals surface area (Å²) in [6.07, 6.45) is 0. The summed E-state index contributed by atoms with van der Waals surface area (Å²) in [5, 5.41) is 2.60. The van der Waals surface area contributed by atoms with E-state index in [1.807, 2.05) is 11.3 Å². The Morgan fingerprint density at radius 2 is 1.00 bits per heavy atom. The summed E-state index contributed by atoms with van der Waals surface area (Å²) in [5.74, 6) is 0. The molecule has 1 nitrogen and oxygen atoms in total. The summed E-state index contributed by atoms with van der Waals surface area (Å²) < 4.78 is 2.64. The number of hydrogen-bond acceptors (Lipinski definition) is 2. The molecule has 0 aliphatic heterocycles. The van der Waals surface area contributed by atoms with Gasteiger partial charge in [-0.3, -0.25) is 0 Å². The molecule has 2 aliphatic carbocycles. The van der Waals surface area contributed by atoms with Crippen molar-refractivity contribution in [2.75, 3.05) is 4.90 Å². The zero-order chi connectivity index (χ0) is 36.0. The molecule has 0 spiro atoms. The first-order chi connectivity index (χ1) is 26.6. The van der Waals surface area contributed by atoms with Gasteiger partial charge in [-0.05, 0) is 80.4 Å².